The van der Waals surface area contributed by atoms with Gasteiger partial charge < -0.3 is 15.5 Å². The number of rotatable bonds is 7. The Hall–Kier alpha value is -0.890. The largest absolute Gasteiger partial charge is 0.357 e. The molecule has 1 saturated heterocycles. The van der Waals surface area contributed by atoms with Gasteiger partial charge in [-0.3, -0.25) is 0 Å². The van der Waals surface area contributed by atoms with E-state index in [0.29, 0.717) is 12.5 Å². The van der Waals surface area contributed by atoms with Gasteiger partial charge in [-0.25, -0.2) is 9.38 Å². The Morgan fingerprint density at radius 2 is 1.84 bits per heavy atom. The average molecular weight is 462 g/mol. The van der Waals surface area contributed by atoms with Crippen LogP contribution in [0, 0.1) is 11.7 Å². The monoisotopic (exact) mass is 462 g/mol. The molecule has 2 N–H and O–H groups in total. The molecule has 1 aliphatic rings. The third kappa shape index (κ3) is 8.35. The summed E-state index contributed by atoms with van der Waals surface area (Å²) in [6, 6.07) is 6.53. The number of aliphatic imine (C=N–C) groups is 1. The number of hydrogen-bond donors (Lipinski definition) is 2. The second-order valence-corrected chi connectivity index (χ2v) is 6.49. The van der Waals surface area contributed by atoms with Crippen LogP contribution in [0.4, 0.5) is 4.39 Å². The first-order chi connectivity index (χ1) is 11.7. The fourth-order valence-electron chi connectivity index (χ4n) is 3.07. The Kier molecular flexibility index (Phi) is 11.0. The lowest BCUT2D eigenvalue weighted by Gasteiger charge is -2.32. The maximum atomic E-state index is 12.9. The molecule has 1 aliphatic heterocycles. The highest BCUT2D eigenvalue weighted by Gasteiger charge is 2.18. The molecule has 25 heavy (non-hydrogen) atoms. The molecule has 0 aliphatic carbocycles. The van der Waals surface area contributed by atoms with Crippen LogP contribution < -0.4 is 10.6 Å². The topological polar surface area (TPSA) is 39.7 Å². The van der Waals surface area contributed by atoms with Gasteiger partial charge in [0.05, 0.1) is 6.54 Å². The highest BCUT2D eigenvalue weighted by molar-refractivity contribution is 14.0. The molecule has 1 aromatic carbocycles. The first kappa shape index (κ1) is 22.2. The van der Waals surface area contributed by atoms with Gasteiger partial charge in [0.25, 0.3) is 0 Å². The predicted molar refractivity (Wildman–Crippen MR) is 114 cm³/mol. The summed E-state index contributed by atoms with van der Waals surface area (Å²) < 4.78 is 12.9. The van der Waals surface area contributed by atoms with E-state index in [1.165, 1.54) is 51.0 Å². The minimum Gasteiger partial charge on any atom is -0.357 e. The number of nitrogens with zero attached hydrogens (tertiary/aromatic N) is 2. The average Bonchev–Trinajstić information content (AvgIpc) is 2.60. The van der Waals surface area contributed by atoms with Crippen molar-refractivity contribution in [3.8, 4) is 0 Å². The first-order valence-corrected chi connectivity index (χ1v) is 9.20. The van der Waals surface area contributed by atoms with E-state index in [2.05, 4.69) is 34.4 Å². The van der Waals surface area contributed by atoms with Gasteiger partial charge in [-0.15, -0.1) is 24.0 Å². The van der Waals surface area contributed by atoms with Crippen LogP contribution >= 0.6 is 24.0 Å². The molecule has 6 heteroatoms. The number of piperidine rings is 1. The molecule has 1 fully saturated rings. The Balaban J connectivity index is 0.00000312. The van der Waals surface area contributed by atoms with E-state index in [9.17, 15) is 4.39 Å². The molecule has 1 heterocycles. The number of halogens is 2. The number of likely N-dealkylation sites (tertiary alicyclic amines) is 1. The third-order valence-corrected chi connectivity index (χ3v) is 4.48. The molecule has 1 aromatic rings. The number of guanidine groups is 1. The van der Waals surface area contributed by atoms with E-state index in [1.54, 1.807) is 12.1 Å². The van der Waals surface area contributed by atoms with E-state index >= 15 is 0 Å². The van der Waals surface area contributed by atoms with Crippen LogP contribution in [0.3, 0.4) is 0 Å². The number of hydrogen-bond acceptors (Lipinski definition) is 2. The lowest BCUT2D eigenvalue weighted by atomic mass is 9.97. The quantitative estimate of drug-likeness (QED) is 0.370. The van der Waals surface area contributed by atoms with Crippen molar-refractivity contribution >= 4 is 29.9 Å². The van der Waals surface area contributed by atoms with E-state index < -0.39 is 0 Å². The number of nitrogens with one attached hydrogen (secondary N) is 2. The molecule has 0 amide bonds. The normalized spacial score (nSPS) is 16.4. The standard InChI is InChI=1S/C19H31FN4.HI/c1-3-11-24-12-9-17(10-13-24)15-23-19(21-4-2)22-14-16-5-7-18(20)8-6-16;/h5-8,17H,3-4,9-15H2,1-2H3,(H2,21,22,23);1H. The lowest BCUT2D eigenvalue weighted by molar-refractivity contribution is 0.185. The van der Waals surface area contributed by atoms with Crippen molar-refractivity contribution in [2.75, 3.05) is 32.7 Å². The van der Waals surface area contributed by atoms with Gasteiger partial charge in [-0.1, -0.05) is 19.1 Å². The summed E-state index contributed by atoms with van der Waals surface area (Å²) in [6.45, 7) is 10.3. The van der Waals surface area contributed by atoms with Crippen molar-refractivity contribution in [2.45, 2.75) is 39.7 Å². The van der Waals surface area contributed by atoms with E-state index in [1.807, 2.05) is 0 Å². The van der Waals surface area contributed by atoms with Crippen molar-refractivity contribution in [3.63, 3.8) is 0 Å². The minimum atomic E-state index is -0.206. The van der Waals surface area contributed by atoms with Crippen LogP contribution in [0.2, 0.25) is 0 Å². The second-order valence-electron chi connectivity index (χ2n) is 6.49. The molecular weight excluding hydrogens is 430 g/mol. The van der Waals surface area contributed by atoms with Gasteiger partial charge in [0, 0.05) is 13.1 Å². The van der Waals surface area contributed by atoms with Crippen molar-refractivity contribution in [1.82, 2.24) is 15.5 Å². The van der Waals surface area contributed by atoms with Gasteiger partial charge in [0.2, 0.25) is 0 Å². The Morgan fingerprint density at radius 1 is 1.16 bits per heavy atom. The summed E-state index contributed by atoms with van der Waals surface area (Å²) in [7, 11) is 0. The van der Waals surface area contributed by atoms with Gasteiger partial charge in [0.15, 0.2) is 5.96 Å². The molecule has 0 spiro atoms. The molecule has 0 bridgehead atoms. The van der Waals surface area contributed by atoms with Crippen LogP contribution in [0.1, 0.15) is 38.7 Å². The predicted octanol–water partition coefficient (Wildman–Crippen LogP) is 3.62. The summed E-state index contributed by atoms with van der Waals surface area (Å²) >= 11 is 0. The van der Waals surface area contributed by atoms with Crippen LogP contribution in [0.25, 0.3) is 0 Å². The summed E-state index contributed by atoms with van der Waals surface area (Å²) in [5, 5.41) is 6.75. The maximum absolute atomic E-state index is 12.9. The molecule has 0 saturated carbocycles. The van der Waals surface area contributed by atoms with E-state index in [0.717, 1.165) is 24.6 Å². The molecule has 2 rings (SSSR count). The van der Waals surface area contributed by atoms with Crippen LogP contribution in [-0.4, -0.2) is 43.6 Å². The zero-order valence-corrected chi connectivity index (χ0v) is 17.8. The molecular formula is C19H32FIN4. The first-order valence-electron chi connectivity index (χ1n) is 9.20. The van der Waals surface area contributed by atoms with Gasteiger partial charge in [0.1, 0.15) is 5.82 Å². The fourth-order valence-corrected chi connectivity index (χ4v) is 3.07. The molecule has 4 nitrogen and oxygen atoms in total. The Morgan fingerprint density at radius 3 is 2.44 bits per heavy atom. The molecule has 0 aromatic heterocycles. The van der Waals surface area contributed by atoms with Crippen molar-refractivity contribution in [2.24, 2.45) is 10.9 Å². The maximum Gasteiger partial charge on any atom is 0.191 e. The van der Waals surface area contributed by atoms with E-state index in [-0.39, 0.29) is 29.8 Å². The smallest absolute Gasteiger partial charge is 0.191 e. The highest BCUT2D eigenvalue weighted by Crippen LogP contribution is 2.16. The summed E-state index contributed by atoms with van der Waals surface area (Å²) in [5.41, 5.74) is 1.02. The van der Waals surface area contributed by atoms with Crippen LogP contribution in [0.15, 0.2) is 29.3 Å². The van der Waals surface area contributed by atoms with Crippen LogP contribution in [0.5, 0.6) is 0 Å². The Labute approximate surface area is 168 Å². The van der Waals surface area contributed by atoms with Crippen molar-refractivity contribution in [3.05, 3.63) is 35.6 Å². The lowest BCUT2D eigenvalue weighted by Crippen LogP contribution is -2.43. The number of benzene rings is 1. The van der Waals surface area contributed by atoms with E-state index in [4.69, 9.17) is 0 Å². The minimum absolute atomic E-state index is 0. The molecule has 0 radical (unpaired) electrons. The zero-order chi connectivity index (χ0) is 17.2. The van der Waals surface area contributed by atoms with Gasteiger partial charge in [-0.2, -0.15) is 0 Å². The molecule has 142 valence electrons. The molecule has 0 atom stereocenters. The summed E-state index contributed by atoms with van der Waals surface area (Å²) in [4.78, 5) is 7.16. The third-order valence-electron chi connectivity index (χ3n) is 4.48. The van der Waals surface area contributed by atoms with Gasteiger partial charge in [-0.05, 0) is 69.4 Å². The van der Waals surface area contributed by atoms with Gasteiger partial charge >= 0.3 is 0 Å². The highest BCUT2D eigenvalue weighted by atomic mass is 127. The van der Waals surface area contributed by atoms with Crippen molar-refractivity contribution < 1.29 is 4.39 Å². The molecule has 0 unspecified atom stereocenters. The fraction of sp³-hybridized carbons (Fsp3) is 0.632. The zero-order valence-electron chi connectivity index (χ0n) is 15.4. The second kappa shape index (κ2) is 12.5. The Bertz CT molecular complexity index is 499. The summed E-state index contributed by atoms with van der Waals surface area (Å²) in [5.74, 6) is 1.35. The van der Waals surface area contributed by atoms with Crippen molar-refractivity contribution in [1.29, 1.82) is 0 Å². The SMILES string of the molecule is CCCN1CCC(CNC(=NCc2ccc(F)cc2)NCC)CC1.I. The summed E-state index contributed by atoms with van der Waals surface area (Å²) in [6.07, 6.45) is 3.75. The van der Waals surface area contributed by atoms with Crippen LogP contribution in [-0.2, 0) is 6.54 Å².